The maximum absolute atomic E-state index is 11.4. The molecule has 0 spiro atoms. The molecule has 0 amide bonds. The van der Waals surface area contributed by atoms with Crippen molar-refractivity contribution in [2.75, 3.05) is 5.75 Å². The molecule has 0 radical (unpaired) electrons. The SMILES string of the molecule is CCCCC(CC)C/C(C(=O)O)=C(\CCCS(=O)(=O)O)C(=O)O.[H-].[Na+]. The summed E-state index contributed by atoms with van der Waals surface area (Å²) < 4.78 is 30.1. The van der Waals surface area contributed by atoms with Gasteiger partial charge < -0.3 is 11.6 Å². The summed E-state index contributed by atoms with van der Waals surface area (Å²) in [4.78, 5) is 22.8. The van der Waals surface area contributed by atoms with Gasteiger partial charge in [0.15, 0.2) is 0 Å². The van der Waals surface area contributed by atoms with Gasteiger partial charge in [-0.2, -0.15) is 8.42 Å². The van der Waals surface area contributed by atoms with Crippen molar-refractivity contribution in [1.82, 2.24) is 0 Å². The fourth-order valence-corrected chi connectivity index (χ4v) is 2.90. The summed E-state index contributed by atoms with van der Waals surface area (Å²) in [5, 5.41) is 18.6. The Morgan fingerprint density at radius 2 is 1.58 bits per heavy atom. The molecule has 0 aromatic rings. The fraction of sp³-hybridized carbons (Fsp3) is 0.733. The fourth-order valence-electron chi connectivity index (χ4n) is 2.39. The summed E-state index contributed by atoms with van der Waals surface area (Å²) in [5.74, 6) is -3.16. The van der Waals surface area contributed by atoms with Crippen LogP contribution in [0.5, 0.6) is 0 Å². The molecule has 9 heteroatoms. The van der Waals surface area contributed by atoms with E-state index in [1.165, 1.54) is 0 Å². The van der Waals surface area contributed by atoms with Crippen molar-refractivity contribution in [2.45, 2.75) is 58.8 Å². The van der Waals surface area contributed by atoms with Crippen molar-refractivity contribution in [3.8, 4) is 0 Å². The van der Waals surface area contributed by atoms with Crippen LogP contribution < -0.4 is 29.6 Å². The molecule has 0 bridgehead atoms. The second-order valence-electron chi connectivity index (χ2n) is 5.58. The molecule has 0 heterocycles. The van der Waals surface area contributed by atoms with Gasteiger partial charge in [0, 0.05) is 11.1 Å². The Morgan fingerprint density at radius 1 is 1.04 bits per heavy atom. The number of carbonyl (C=O) groups is 2. The molecule has 24 heavy (non-hydrogen) atoms. The van der Waals surface area contributed by atoms with E-state index in [9.17, 15) is 28.2 Å². The van der Waals surface area contributed by atoms with Crippen LogP contribution in [0, 0.1) is 5.92 Å². The minimum absolute atomic E-state index is 0. The first-order valence-corrected chi connectivity index (χ1v) is 9.37. The number of rotatable bonds is 12. The van der Waals surface area contributed by atoms with Crippen LogP contribution in [-0.4, -0.2) is 40.9 Å². The Kier molecular flexibility index (Phi) is 13.9. The standard InChI is InChI=1S/C15H26O7S.Na.H/c1-3-5-7-11(4-2)10-13(15(18)19)12(14(16)17)8-6-9-23(20,21)22;;/h11H,3-10H2,1-2H3,(H,16,17)(H,18,19)(H,20,21,22);;/q;+1;-1/b13-12-;;. The van der Waals surface area contributed by atoms with Crippen LogP contribution in [0.25, 0.3) is 0 Å². The molecular formula is C15H27NaO7S. The molecule has 7 nitrogen and oxygen atoms in total. The van der Waals surface area contributed by atoms with Gasteiger partial charge in [0.25, 0.3) is 10.1 Å². The summed E-state index contributed by atoms with van der Waals surface area (Å²) in [7, 11) is -4.19. The van der Waals surface area contributed by atoms with Crippen molar-refractivity contribution in [3.05, 3.63) is 11.1 Å². The molecule has 0 aliphatic rings. The van der Waals surface area contributed by atoms with E-state index in [1.54, 1.807) is 0 Å². The van der Waals surface area contributed by atoms with E-state index in [0.717, 1.165) is 25.7 Å². The van der Waals surface area contributed by atoms with Crippen LogP contribution in [0.1, 0.15) is 60.2 Å². The van der Waals surface area contributed by atoms with Crippen molar-refractivity contribution in [2.24, 2.45) is 5.92 Å². The molecule has 3 N–H and O–H groups in total. The summed E-state index contributed by atoms with van der Waals surface area (Å²) in [6.45, 7) is 3.96. The topological polar surface area (TPSA) is 129 Å². The monoisotopic (exact) mass is 374 g/mol. The van der Waals surface area contributed by atoms with E-state index in [0.29, 0.717) is 0 Å². The Hall–Kier alpha value is -0.410. The summed E-state index contributed by atoms with van der Waals surface area (Å²) >= 11 is 0. The Morgan fingerprint density at radius 3 is 1.96 bits per heavy atom. The van der Waals surface area contributed by atoms with Crippen LogP contribution in [0.3, 0.4) is 0 Å². The molecule has 0 aromatic heterocycles. The van der Waals surface area contributed by atoms with Gasteiger partial charge >= 0.3 is 41.5 Å². The number of carboxylic acid groups (broad SMARTS) is 2. The van der Waals surface area contributed by atoms with Gasteiger partial charge in [0.05, 0.1) is 5.75 Å². The maximum Gasteiger partial charge on any atom is 1.00 e. The molecule has 1 atom stereocenters. The van der Waals surface area contributed by atoms with Crippen LogP contribution >= 0.6 is 0 Å². The third-order valence-electron chi connectivity index (χ3n) is 3.75. The number of hydrogen-bond acceptors (Lipinski definition) is 4. The largest absolute Gasteiger partial charge is 1.00 e. The van der Waals surface area contributed by atoms with Gasteiger partial charge in [-0.3, -0.25) is 4.55 Å². The Labute approximate surface area is 167 Å². The minimum Gasteiger partial charge on any atom is -1.00 e. The molecule has 1 unspecified atom stereocenters. The van der Waals surface area contributed by atoms with Gasteiger partial charge in [0.1, 0.15) is 0 Å². The van der Waals surface area contributed by atoms with Crippen LogP contribution in [0.4, 0.5) is 0 Å². The van der Waals surface area contributed by atoms with Gasteiger partial charge in [-0.15, -0.1) is 0 Å². The van der Waals surface area contributed by atoms with Crippen LogP contribution in [0.2, 0.25) is 0 Å². The zero-order valence-electron chi connectivity index (χ0n) is 15.6. The number of unbranched alkanes of at least 4 members (excludes halogenated alkanes) is 1. The summed E-state index contributed by atoms with van der Waals surface area (Å²) in [5.41, 5.74) is -0.452. The minimum atomic E-state index is -4.19. The number of aliphatic carboxylic acids is 2. The molecule has 0 aromatic carbocycles. The second kappa shape index (κ2) is 12.9. The normalized spacial score (nSPS) is 13.6. The third kappa shape index (κ3) is 11.2. The summed E-state index contributed by atoms with van der Waals surface area (Å²) in [6, 6.07) is 0. The van der Waals surface area contributed by atoms with E-state index in [-0.39, 0.29) is 67.3 Å². The quantitative estimate of drug-likeness (QED) is 0.246. The molecular weight excluding hydrogens is 347 g/mol. The Bertz CT molecular complexity index is 546. The Balaban J connectivity index is -0.00000242. The molecule has 0 saturated carbocycles. The second-order valence-corrected chi connectivity index (χ2v) is 7.15. The summed E-state index contributed by atoms with van der Waals surface area (Å²) in [6.07, 6.45) is 3.29. The number of carboxylic acids is 2. The van der Waals surface area contributed by atoms with E-state index >= 15 is 0 Å². The van der Waals surface area contributed by atoms with Crippen molar-refractivity contribution in [3.63, 3.8) is 0 Å². The smallest absolute Gasteiger partial charge is 1.00 e. The molecule has 0 aliphatic carbocycles. The predicted molar refractivity (Wildman–Crippen MR) is 87.0 cm³/mol. The van der Waals surface area contributed by atoms with Gasteiger partial charge in [0.2, 0.25) is 0 Å². The third-order valence-corrected chi connectivity index (χ3v) is 4.55. The van der Waals surface area contributed by atoms with E-state index < -0.39 is 27.8 Å². The number of hydrogen-bond donors (Lipinski definition) is 3. The maximum atomic E-state index is 11.4. The van der Waals surface area contributed by atoms with Gasteiger partial charge in [-0.25, -0.2) is 9.59 Å². The first-order chi connectivity index (χ1) is 10.6. The average Bonchev–Trinajstić information content (AvgIpc) is 2.43. The first-order valence-electron chi connectivity index (χ1n) is 7.76. The molecule has 0 saturated heterocycles. The molecule has 0 fully saturated rings. The van der Waals surface area contributed by atoms with Crippen LogP contribution in [-0.2, 0) is 19.7 Å². The zero-order valence-corrected chi connectivity index (χ0v) is 17.4. The van der Waals surface area contributed by atoms with Crippen molar-refractivity contribution >= 4 is 22.1 Å². The van der Waals surface area contributed by atoms with Crippen LogP contribution in [0.15, 0.2) is 11.1 Å². The average molecular weight is 374 g/mol. The molecule has 136 valence electrons. The van der Waals surface area contributed by atoms with E-state index in [1.807, 2.05) is 13.8 Å². The van der Waals surface area contributed by atoms with Gasteiger partial charge in [-0.05, 0) is 25.2 Å². The zero-order chi connectivity index (χ0) is 18.0. The molecule has 0 aliphatic heterocycles. The molecule has 0 rings (SSSR count). The predicted octanol–water partition coefficient (Wildman–Crippen LogP) is -0.157. The van der Waals surface area contributed by atoms with E-state index in [4.69, 9.17) is 4.55 Å². The van der Waals surface area contributed by atoms with E-state index in [2.05, 4.69) is 0 Å². The van der Waals surface area contributed by atoms with Crippen molar-refractivity contribution in [1.29, 1.82) is 0 Å². The first kappa shape index (κ1) is 25.8. The van der Waals surface area contributed by atoms with Gasteiger partial charge in [-0.1, -0.05) is 39.5 Å². The van der Waals surface area contributed by atoms with Crippen molar-refractivity contribution < 1.29 is 63.8 Å².